The Morgan fingerprint density at radius 2 is 1.96 bits per heavy atom. The first-order valence-electron chi connectivity index (χ1n) is 6.69. The second-order valence-electron chi connectivity index (χ2n) is 4.78. The molecule has 2 aromatic carbocycles. The van der Waals surface area contributed by atoms with Crippen LogP contribution in [0.4, 0.5) is 11.4 Å². The fourth-order valence-electron chi connectivity index (χ4n) is 2.14. The molecule has 8 nitrogen and oxygen atoms in total. The highest BCUT2D eigenvalue weighted by molar-refractivity contribution is 5.65. The molecular weight excluding hydrogens is 298 g/mol. The molecule has 0 bridgehead atoms. The van der Waals surface area contributed by atoms with Gasteiger partial charge in [-0.05, 0) is 36.4 Å². The van der Waals surface area contributed by atoms with Crippen molar-refractivity contribution in [2.75, 3.05) is 12.8 Å². The number of benzene rings is 2. The number of ether oxygens (including phenoxy) is 1. The summed E-state index contributed by atoms with van der Waals surface area (Å²) < 4.78 is 6.56. The molecule has 0 atom stereocenters. The molecule has 0 fully saturated rings. The molecular formula is C15H13N5O3. The van der Waals surface area contributed by atoms with Crippen molar-refractivity contribution < 1.29 is 9.66 Å². The molecule has 0 aliphatic rings. The van der Waals surface area contributed by atoms with Crippen molar-refractivity contribution in [3.05, 3.63) is 58.8 Å². The van der Waals surface area contributed by atoms with Crippen LogP contribution >= 0.6 is 0 Å². The van der Waals surface area contributed by atoms with E-state index in [1.54, 1.807) is 29.1 Å². The Bertz CT molecular complexity index is 858. The zero-order valence-electron chi connectivity index (χ0n) is 12.2. The number of hydrogen-bond donors (Lipinski definition) is 1. The molecule has 0 saturated heterocycles. The van der Waals surface area contributed by atoms with Crippen LogP contribution in [0.3, 0.4) is 0 Å². The van der Waals surface area contributed by atoms with Crippen molar-refractivity contribution in [3.8, 4) is 22.7 Å². The molecule has 1 aromatic heterocycles. The van der Waals surface area contributed by atoms with Gasteiger partial charge in [-0.2, -0.15) is 0 Å². The van der Waals surface area contributed by atoms with E-state index in [9.17, 15) is 10.1 Å². The fourth-order valence-corrected chi connectivity index (χ4v) is 2.14. The van der Waals surface area contributed by atoms with Gasteiger partial charge in [0.2, 0.25) is 0 Å². The van der Waals surface area contributed by atoms with Gasteiger partial charge in [-0.15, -0.1) is 5.10 Å². The molecule has 0 unspecified atom stereocenters. The second kappa shape index (κ2) is 5.76. The van der Waals surface area contributed by atoms with Crippen molar-refractivity contribution >= 4 is 11.4 Å². The smallest absolute Gasteiger partial charge is 0.311 e. The molecule has 0 spiro atoms. The van der Waals surface area contributed by atoms with Crippen molar-refractivity contribution in [1.29, 1.82) is 0 Å². The number of aromatic nitrogens is 3. The second-order valence-corrected chi connectivity index (χ2v) is 4.78. The first-order chi connectivity index (χ1) is 11.1. The highest BCUT2D eigenvalue weighted by Gasteiger charge is 2.17. The van der Waals surface area contributed by atoms with Crippen LogP contribution in [0.15, 0.2) is 48.7 Å². The van der Waals surface area contributed by atoms with Crippen LogP contribution in [0.2, 0.25) is 0 Å². The third kappa shape index (κ3) is 2.82. The number of anilines is 1. The molecule has 1 heterocycles. The van der Waals surface area contributed by atoms with Crippen molar-refractivity contribution in [2.24, 2.45) is 0 Å². The van der Waals surface area contributed by atoms with Gasteiger partial charge in [0.15, 0.2) is 5.75 Å². The third-order valence-corrected chi connectivity index (χ3v) is 3.32. The zero-order chi connectivity index (χ0) is 16.4. The van der Waals surface area contributed by atoms with E-state index in [-0.39, 0.29) is 11.4 Å². The molecule has 23 heavy (non-hydrogen) atoms. The minimum Gasteiger partial charge on any atom is -0.490 e. The predicted molar refractivity (Wildman–Crippen MR) is 84.4 cm³/mol. The standard InChI is InChI=1S/C15H13N5O3/c1-23-15-7-2-10(8-14(15)20(21)22)13-9-19(18-17-13)12-5-3-11(16)4-6-12/h2-9H,16H2,1H3. The molecule has 0 radical (unpaired) electrons. The number of nitrogen functional groups attached to an aromatic ring is 1. The monoisotopic (exact) mass is 311 g/mol. The van der Waals surface area contributed by atoms with E-state index in [1.807, 2.05) is 12.1 Å². The lowest BCUT2D eigenvalue weighted by Gasteiger charge is -2.03. The molecule has 3 aromatic rings. The Balaban J connectivity index is 1.98. The van der Waals surface area contributed by atoms with Crippen molar-refractivity contribution in [1.82, 2.24) is 15.0 Å². The van der Waals surface area contributed by atoms with Gasteiger partial charge in [0.25, 0.3) is 0 Å². The first kappa shape index (κ1) is 14.5. The maximum Gasteiger partial charge on any atom is 0.311 e. The summed E-state index contributed by atoms with van der Waals surface area (Å²) in [5.41, 5.74) is 8.08. The quantitative estimate of drug-likeness (QED) is 0.450. The van der Waals surface area contributed by atoms with Gasteiger partial charge in [-0.25, -0.2) is 4.68 Å². The van der Waals surface area contributed by atoms with E-state index in [0.717, 1.165) is 5.69 Å². The van der Waals surface area contributed by atoms with Gasteiger partial charge in [0, 0.05) is 17.3 Å². The summed E-state index contributed by atoms with van der Waals surface area (Å²) in [6.07, 6.45) is 1.69. The molecule has 0 aliphatic carbocycles. The van der Waals surface area contributed by atoms with E-state index >= 15 is 0 Å². The van der Waals surface area contributed by atoms with Gasteiger partial charge >= 0.3 is 5.69 Å². The number of nitro groups is 1. The van der Waals surface area contributed by atoms with Crippen molar-refractivity contribution in [3.63, 3.8) is 0 Å². The average molecular weight is 311 g/mol. The Kier molecular flexibility index (Phi) is 3.63. The number of methoxy groups -OCH3 is 1. The van der Waals surface area contributed by atoms with Gasteiger partial charge in [-0.1, -0.05) is 5.21 Å². The van der Waals surface area contributed by atoms with Crippen LogP contribution in [0.25, 0.3) is 16.9 Å². The summed E-state index contributed by atoms with van der Waals surface area (Å²) >= 11 is 0. The average Bonchev–Trinajstić information content (AvgIpc) is 3.04. The van der Waals surface area contributed by atoms with Crippen LogP contribution in [-0.2, 0) is 0 Å². The first-order valence-corrected chi connectivity index (χ1v) is 6.69. The molecule has 0 aliphatic heterocycles. The SMILES string of the molecule is COc1ccc(-c2cn(-c3ccc(N)cc3)nn2)cc1[N+](=O)[O-]. The van der Waals surface area contributed by atoms with Crippen LogP contribution in [0, 0.1) is 10.1 Å². The summed E-state index contributed by atoms with van der Waals surface area (Å²) in [4.78, 5) is 10.6. The molecule has 0 amide bonds. The number of nitrogens with zero attached hydrogens (tertiary/aromatic N) is 4. The molecule has 0 saturated carbocycles. The van der Waals surface area contributed by atoms with Gasteiger partial charge in [0.1, 0.15) is 5.69 Å². The minimum atomic E-state index is -0.493. The molecule has 116 valence electrons. The van der Waals surface area contributed by atoms with E-state index < -0.39 is 4.92 Å². The van der Waals surface area contributed by atoms with E-state index in [4.69, 9.17) is 10.5 Å². The topological polar surface area (TPSA) is 109 Å². The summed E-state index contributed by atoms with van der Waals surface area (Å²) in [7, 11) is 1.39. The molecule has 3 rings (SSSR count). The van der Waals surface area contributed by atoms with Gasteiger partial charge < -0.3 is 10.5 Å². The third-order valence-electron chi connectivity index (χ3n) is 3.32. The summed E-state index contributed by atoms with van der Waals surface area (Å²) in [6.45, 7) is 0. The Morgan fingerprint density at radius 3 is 2.61 bits per heavy atom. The number of nitro benzene ring substituents is 1. The van der Waals surface area contributed by atoms with Gasteiger partial charge in [0.05, 0.1) is 23.9 Å². The van der Waals surface area contributed by atoms with E-state index in [0.29, 0.717) is 16.9 Å². The van der Waals surface area contributed by atoms with E-state index in [2.05, 4.69) is 10.3 Å². The van der Waals surface area contributed by atoms with Crippen LogP contribution in [0.5, 0.6) is 5.75 Å². The van der Waals surface area contributed by atoms with Crippen molar-refractivity contribution in [2.45, 2.75) is 0 Å². The number of nitrogens with two attached hydrogens (primary N) is 1. The lowest BCUT2D eigenvalue weighted by atomic mass is 10.1. The molecule has 2 N–H and O–H groups in total. The van der Waals surface area contributed by atoms with Crippen LogP contribution < -0.4 is 10.5 Å². The molecule has 8 heteroatoms. The summed E-state index contributed by atoms with van der Waals surface area (Å²) in [5, 5.41) is 19.2. The highest BCUT2D eigenvalue weighted by atomic mass is 16.6. The van der Waals surface area contributed by atoms with Gasteiger partial charge in [-0.3, -0.25) is 10.1 Å². The number of rotatable bonds is 4. The lowest BCUT2D eigenvalue weighted by Crippen LogP contribution is -1.95. The fraction of sp³-hybridized carbons (Fsp3) is 0.0667. The minimum absolute atomic E-state index is 0.118. The van der Waals surface area contributed by atoms with Crippen LogP contribution in [-0.4, -0.2) is 27.0 Å². The predicted octanol–water partition coefficient (Wildman–Crippen LogP) is 2.43. The Labute approximate surface area is 131 Å². The number of hydrogen-bond acceptors (Lipinski definition) is 6. The summed E-state index contributed by atoms with van der Waals surface area (Å²) in [5.74, 6) is 0.199. The Hall–Kier alpha value is -3.42. The Morgan fingerprint density at radius 1 is 1.22 bits per heavy atom. The lowest BCUT2D eigenvalue weighted by molar-refractivity contribution is -0.385. The largest absolute Gasteiger partial charge is 0.490 e. The van der Waals surface area contributed by atoms with E-state index in [1.165, 1.54) is 19.2 Å². The maximum atomic E-state index is 11.1. The normalized spacial score (nSPS) is 10.5. The zero-order valence-corrected chi connectivity index (χ0v) is 12.2. The summed E-state index contributed by atoms with van der Waals surface area (Å²) in [6, 6.07) is 11.8. The van der Waals surface area contributed by atoms with Crippen LogP contribution in [0.1, 0.15) is 0 Å². The highest BCUT2D eigenvalue weighted by Crippen LogP contribution is 2.31. The maximum absolute atomic E-state index is 11.1.